The van der Waals surface area contributed by atoms with Gasteiger partial charge in [0.15, 0.2) is 0 Å². The second-order valence-corrected chi connectivity index (χ2v) is 6.19. The van der Waals surface area contributed by atoms with Crippen LogP contribution in [0, 0.1) is 5.92 Å². The third-order valence-corrected chi connectivity index (χ3v) is 4.38. The Morgan fingerprint density at radius 1 is 1.35 bits per heavy atom. The highest BCUT2D eigenvalue weighted by molar-refractivity contribution is 5.83. The molecule has 2 rings (SSSR count). The number of hydrogen-bond acceptors (Lipinski definition) is 5. The lowest BCUT2D eigenvalue weighted by atomic mass is 9.94. The quantitative estimate of drug-likeness (QED) is 0.746. The van der Waals surface area contributed by atoms with Gasteiger partial charge in [0.25, 0.3) is 0 Å². The Balaban J connectivity index is 1.90. The fraction of sp³-hybridized carbons (Fsp3) is 0.556. The molecule has 0 heterocycles. The van der Waals surface area contributed by atoms with Crippen LogP contribution < -0.4 is 0 Å². The van der Waals surface area contributed by atoms with Crippen LogP contribution in [0.2, 0.25) is 0 Å². The number of rotatable bonds is 7. The molecule has 0 saturated heterocycles. The van der Waals surface area contributed by atoms with E-state index in [4.69, 9.17) is 9.84 Å². The molecule has 1 fully saturated rings. The minimum atomic E-state index is -1.04. The molecule has 0 aliphatic heterocycles. The highest BCUT2D eigenvalue weighted by Gasteiger charge is 2.24. The second kappa shape index (κ2) is 8.22. The number of aliphatic hydroxyl groups is 2. The fourth-order valence-corrected chi connectivity index (χ4v) is 2.82. The Morgan fingerprint density at radius 2 is 2.04 bits per heavy atom. The van der Waals surface area contributed by atoms with E-state index in [0.29, 0.717) is 12.2 Å². The van der Waals surface area contributed by atoms with Crippen LogP contribution in [0.3, 0.4) is 0 Å². The van der Waals surface area contributed by atoms with Gasteiger partial charge in [-0.2, -0.15) is 0 Å². The molecule has 3 unspecified atom stereocenters. The molecule has 0 radical (unpaired) electrons. The Hall–Kier alpha value is -1.72. The van der Waals surface area contributed by atoms with Crippen LogP contribution in [0.4, 0.5) is 0 Å². The van der Waals surface area contributed by atoms with Gasteiger partial charge < -0.3 is 14.9 Å². The highest BCUT2D eigenvalue weighted by atomic mass is 16.5. The van der Waals surface area contributed by atoms with Crippen LogP contribution in [0.25, 0.3) is 0 Å². The van der Waals surface area contributed by atoms with Crippen LogP contribution in [0.5, 0.6) is 0 Å². The maximum absolute atomic E-state index is 11.9. The molecule has 5 nitrogen and oxygen atoms in total. The lowest BCUT2D eigenvalue weighted by Crippen LogP contribution is -2.24. The monoisotopic (exact) mass is 320 g/mol. The number of esters is 1. The molecular formula is C18H24O5. The summed E-state index contributed by atoms with van der Waals surface area (Å²) in [6.45, 7) is 1.10. The Bertz CT molecular complexity index is 537. The predicted octanol–water partition coefficient (Wildman–Crippen LogP) is 1.60. The van der Waals surface area contributed by atoms with Crippen LogP contribution in [0.15, 0.2) is 24.3 Å². The summed E-state index contributed by atoms with van der Waals surface area (Å²) >= 11 is 0. The zero-order chi connectivity index (χ0) is 16.8. The van der Waals surface area contributed by atoms with E-state index >= 15 is 0 Å². The number of hydrogen-bond donors (Lipinski definition) is 2. The summed E-state index contributed by atoms with van der Waals surface area (Å²) in [5, 5.41) is 17.9. The SMILES string of the molecule is CC(C(=O)OCC(O)CO)c1ccc(CC2CCCC2=O)cc1. The molecule has 0 bridgehead atoms. The van der Waals surface area contributed by atoms with Gasteiger partial charge in [-0.25, -0.2) is 0 Å². The maximum atomic E-state index is 11.9. The number of benzene rings is 1. The van der Waals surface area contributed by atoms with Crippen molar-refractivity contribution >= 4 is 11.8 Å². The maximum Gasteiger partial charge on any atom is 0.313 e. The van der Waals surface area contributed by atoms with E-state index in [2.05, 4.69) is 0 Å². The first-order valence-corrected chi connectivity index (χ1v) is 8.08. The summed E-state index contributed by atoms with van der Waals surface area (Å²) in [5.74, 6) is -0.379. The van der Waals surface area contributed by atoms with E-state index < -0.39 is 24.6 Å². The molecule has 0 aromatic heterocycles. The summed E-state index contributed by atoms with van der Waals surface area (Å²) < 4.78 is 4.97. The van der Waals surface area contributed by atoms with Gasteiger partial charge in [0.1, 0.15) is 18.5 Å². The molecule has 126 valence electrons. The number of aliphatic hydroxyl groups excluding tert-OH is 2. The average Bonchev–Trinajstić information content (AvgIpc) is 2.97. The number of Topliss-reactive ketones (excluding diaryl/α,β-unsaturated/α-hetero) is 1. The third-order valence-electron chi connectivity index (χ3n) is 4.38. The summed E-state index contributed by atoms with van der Waals surface area (Å²) in [6, 6.07) is 7.66. The fourth-order valence-electron chi connectivity index (χ4n) is 2.82. The number of carbonyl (C=O) groups excluding carboxylic acids is 2. The number of ether oxygens (including phenoxy) is 1. The molecule has 1 saturated carbocycles. The van der Waals surface area contributed by atoms with Crippen LogP contribution in [-0.2, 0) is 20.7 Å². The normalized spacial score (nSPS) is 20.3. The van der Waals surface area contributed by atoms with Crippen LogP contribution in [-0.4, -0.2) is 41.3 Å². The van der Waals surface area contributed by atoms with Gasteiger partial charge in [-0.05, 0) is 37.3 Å². The van der Waals surface area contributed by atoms with Crippen LogP contribution in [0.1, 0.15) is 43.2 Å². The summed E-state index contributed by atoms with van der Waals surface area (Å²) in [6.07, 6.45) is 2.38. The lowest BCUT2D eigenvalue weighted by Gasteiger charge is -2.14. The molecule has 0 spiro atoms. The minimum absolute atomic E-state index is 0.142. The first-order chi connectivity index (χ1) is 11.0. The first-order valence-electron chi connectivity index (χ1n) is 8.08. The highest BCUT2D eigenvalue weighted by Crippen LogP contribution is 2.26. The molecule has 3 atom stereocenters. The van der Waals surface area contributed by atoms with Crippen molar-refractivity contribution in [2.75, 3.05) is 13.2 Å². The number of carbonyl (C=O) groups is 2. The summed E-state index contributed by atoms with van der Waals surface area (Å²) in [5.41, 5.74) is 1.93. The molecule has 5 heteroatoms. The van der Waals surface area contributed by atoms with E-state index in [0.717, 1.165) is 30.4 Å². The molecule has 2 N–H and O–H groups in total. The van der Waals surface area contributed by atoms with Gasteiger partial charge in [0.05, 0.1) is 12.5 Å². The van der Waals surface area contributed by atoms with Crippen molar-refractivity contribution in [3.8, 4) is 0 Å². The molecule has 1 aliphatic carbocycles. The standard InChI is InChI=1S/C18H24O5/c1-12(18(22)23-11-16(20)10-19)14-7-5-13(6-8-14)9-15-3-2-4-17(15)21/h5-8,12,15-16,19-20H,2-4,9-11H2,1H3. The van der Waals surface area contributed by atoms with Crippen LogP contribution >= 0.6 is 0 Å². The average molecular weight is 320 g/mol. The molecule has 0 amide bonds. The predicted molar refractivity (Wildman–Crippen MR) is 85.0 cm³/mol. The van der Waals surface area contributed by atoms with E-state index in [1.54, 1.807) is 6.92 Å². The Labute approximate surface area is 136 Å². The zero-order valence-corrected chi connectivity index (χ0v) is 13.4. The summed E-state index contributed by atoms with van der Waals surface area (Å²) in [4.78, 5) is 23.6. The van der Waals surface area contributed by atoms with Gasteiger partial charge in [0, 0.05) is 12.3 Å². The summed E-state index contributed by atoms with van der Waals surface area (Å²) in [7, 11) is 0. The van der Waals surface area contributed by atoms with E-state index in [-0.39, 0.29) is 12.5 Å². The van der Waals surface area contributed by atoms with Gasteiger partial charge in [-0.3, -0.25) is 9.59 Å². The van der Waals surface area contributed by atoms with Crippen molar-refractivity contribution in [3.05, 3.63) is 35.4 Å². The van der Waals surface area contributed by atoms with E-state index in [1.807, 2.05) is 24.3 Å². The van der Waals surface area contributed by atoms with Crippen molar-refractivity contribution in [2.24, 2.45) is 5.92 Å². The van der Waals surface area contributed by atoms with Crippen molar-refractivity contribution < 1.29 is 24.5 Å². The van der Waals surface area contributed by atoms with Gasteiger partial charge in [-0.15, -0.1) is 0 Å². The Morgan fingerprint density at radius 3 is 2.61 bits per heavy atom. The van der Waals surface area contributed by atoms with Crippen molar-refractivity contribution in [2.45, 2.75) is 44.6 Å². The van der Waals surface area contributed by atoms with E-state index in [1.165, 1.54) is 0 Å². The van der Waals surface area contributed by atoms with E-state index in [9.17, 15) is 14.7 Å². The van der Waals surface area contributed by atoms with Gasteiger partial charge in [-0.1, -0.05) is 24.3 Å². The van der Waals surface area contributed by atoms with Crippen molar-refractivity contribution in [3.63, 3.8) is 0 Å². The molecular weight excluding hydrogens is 296 g/mol. The largest absolute Gasteiger partial charge is 0.462 e. The molecule has 1 aliphatic rings. The molecule has 1 aromatic rings. The van der Waals surface area contributed by atoms with Gasteiger partial charge >= 0.3 is 5.97 Å². The Kier molecular flexibility index (Phi) is 6.30. The third kappa shape index (κ3) is 4.88. The zero-order valence-electron chi connectivity index (χ0n) is 13.4. The molecule has 23 heavy (non-hydrogen) atoms. The van der Waals surface area contributed by atoms with Crippen molar-refractivity contribution in [1.29, 1.82) is 0 Å². The topological polar surface area (TPSA) is 83.8 Å². The lowest BCUT2D eigenvalue weighted by molar-refractivity contribution is -0.148. The molecule has 1 aromatic carbocycles. The first kappa shape index (κ1) is 17.6. The van der Waals surface area contributed by atoms with Crippen molar-refractivity contribution in [1.82, 2.24) is 0 Å². The van der Waals surface area contributed by atoms with Gasteiger partial charge in [0.2, 0.25) is 0 Å². The minimum Gasteiger partial charge on any atom is -0.462 e. The number of ketones is 1. The smallest absolute Gasteiger partial charge is 0.313 e. The second-order valence-electron chi connectivity index (χ2n) is 6.19.